The predicted octanol–water partition coefficient (Wildman–Crippen LogP) is 2.70. The Labute approximate surface area is 114 Å². The molecule has 1 heterocycles. The highest BCUT2D eigenvalue weighted by molar-refractivity contribution is 7.99. The standard InChI is InChI=1S/C14H24N2OS/c1-3-16-14(2,12-17)8-4-5-11-18-13-6-9-15-10-7-13/h6-7,9-10,16-17H,3-5,8,11-12H2,1-2H3. The van der Waals surface area contributed by atoms with E-state index in [4.69, 9.17) is 0 Å². The molecule has 0 aliphatic heterocycles. The van der Waals surface area contributed by atoms with Crippen LogP contribution in [0.2, 0.25) is 0 Å². The maximum atomic E-state index is 9.38. The van der Waals surface area contributed by atoms with Gasteiger partial charge in [-0.2, -0.15) is 0 Å². The van der Waals surface area contributed by atoms with Crippen molar-refractivity contribution in [3.8, 4) is 0 Å². The van der Waals surface area contributed by atoms with E-state index in [9.17, 15) is 5.11 Å². The van der Waals surface area contributed by atoms with Gasteiger partial charge in [0.2, 0.25) is 0 Å². The minimum Gasteiger partial charge on any atom is -0.394 e. The first-order valence-corrected chi connectivity index (χ1v) is 7.57. The highest BCUT2D eigenvalue weighted by Gasteiger charge is 2.20. The van der Waals surface area contributed by atoms with Gasteiger partial charge in [-0.15, -0.1) is 11.8 Å². The number of aromatic nitrogens is 1. The summed E-state index contributed by atoms with van der Waals surface area (Å²) in [5, 5.41) is 12.7. The minimum absolute atomic E-state index is 0.115. The van der Waals surface area contributed by atoms with Crippen LogP contribution in [0.5, 0.6) is 0 Å². The molecule has 0 aliphatic rings. The third-order valence-electron chi connectivity index (χ3n) is 2.99. The van der Waals surface area contributed by atoms with E-state index in [0.29, 0.717) is 0 Å². The number of pyridine rings is 1. The molecule has 1 aromatic rings. The lowest BCUT2D eigenvalue weighted by Gasteiger charge is -2.28. The molecule has 0 bridgehead atoms. The molecule has 18 heavy (non-hydrogen) atoms. The first kappa shape index (κ1) is 15.5. The van der Waals surface area contributed by atoms with Crippen molar-refractivity contribution in [2.24, 2.45) is 0 Å². The fourth-order valence-electron chi connectivity index (χ4n) is 1.89. The first-order chi connectivity index (χ1) is 8.70. The van der Waals surface area contributed by atoms with Crippen LogP contribution in [-0.4, -0.2) is 34.5 Å². The second kappa shape index (κ2) is 8.51. The summed E-state index contributed by atoms with van der Waals surface area (Å²) in [4.78, 5) is 5.28. The van der Waals surface area contributed by atoms with E-state index in [2.05, 4.69) is 24.1 Å². The van der Waals surface area contributed by atoms with Gasteiger partial charge < -0.3 is 10.4 Å². The quantitative estimate of drug-likeness (QED) is 0.534. The molecular formula is C14H24N2OS. The van der Waals surface area contributed by atoms with Crippen molar-refractivity contribution in [1.82, 2.24) is 10.3 Å². The Bertz CT molecular complexity index is 321. The molecule has 102 valence electrons. The van der Waals surface area contributed by atoms with Gasteiger partial charge in [0.1, 0.15) is 0 Å². The van der Waals surface area contributed by atoms with Crippen molar-refractivity contribution < 1.29 is 5.11 Å². The lowest BCUT2D eigenvalue weighted by atomic mass is 9.96. The summed E-state index contributed by atoms with van der Waals surface area (Å²) in [7, 11) is 0. The number of thioether (sulfide) groups is 1. The van der Waals surface area contributed by atoms with Crippen LogP contribution in [0.1, 0.15) is 33.1 Å². The third kappa shape index (κ3) is 5.85. The van der Waals surface area contributed by atoms with E-state index < -0.39 is 0 Å². The van der Waals surface area contributed by atoms with Crippen molar-refractivity contribution in [2.75, 3.05) is 18.9 Å². The number of likely N-dealkylation sites (N-methyl/N-ethyl adjacent to an activating group) is 1. The summed E-state index contributed by atoms with van der Waals surface area (Å²) in [6.45, 7) is 5.28. The molecule has 0 aliphatic carbocycles. The Morgan fingerprint density at radius 1 is 1.33 bits per heavy atom. The highest BCUT2D eigenvalue weighted by Crippen LogP contribution is 2.20. The maximum absolute atomic E-state index is 9.38. The largest absolute Gasteiger partial charge is 0.394 e. The van der Waals surface area contributed by atoms with Crippen LogP contribution in [0.3, 0.4) is 0 Å². The second-order valence-corrected chi connectivity index (χ2v) is 5.91. The molecule has 1 rings (SSSR count). The van der Waals surface area contributed by atoms with Crippen LogP contribution < -0.4 is 5.32 Å². The minimum atomic E-state index is -0.115. The summed E-state index contributed by atoms with van der Waals surface area (Å²) in [5.41, 5.74) is -0.115. The zero-order chi connectivity index (χ0) is 13.3. The molecule has 3 nitrogen and oxygen atoms in total. The Morgan fingerprint density at radius 2 is 2.06 bits per heavy atom. The second-order valence-electron chi connectivity index (χ2n) is 4.74. The summed E-state index contributed by atoms with van der Waals surface area (Å²) in [5.74, 6) is 1.12. The van der Waals surface area contributed by atoms with E-state index in [1.807, 2.05) is 36.3 Å². The molecule has 0 fully saturated rings. The Kier molecular flexibility index (Phi) is 7.32. The number of unbranched alkanes of at least 4 members (excludes halogenated alkanes) is 1. The van der Waals surface area contributed by atoms with Gasteiger partial charge in [0.05, 0.1) is 6.61 Å². The fourth-order valence-corrected chi connectivity index (χ4v) is 2.79. The monoisotopic (exact) mass is 268 g/mol. The average Bonchev–Trinajstić information content (AvgIpc) is 2.40. The number of nitrogens with zero attached hydrogens (tertiary/aromatic N) is 1. The zero-order valence-electron chi connectivity index (χ0n) is 11.4. The van der Waals surface area contributed by atoms with E-state index in [1.165, 1.54) is 11.3 Å². The van der Waals surface area contributed by atoms with Gasteiger partial charge in [0.25, 0.3) is 0 Å². The van der Waals surface area contributed by atoms with Crippen LogP contribution in [0, 0.1) is 0 Å². The first-order valence-electron chi connectivity index (χ1n) is 6.59. The summed E-state index contributed by atoms with van der Waals surface area (Å²) >= 11 is 1.87. The van der Waals surface area contributed by atoms with Crippen molar-refractivity contribution in [2.45, 2.75) is 43.5 Å². The molecule has 1 unspecified atom stereocenters. The lowest BCUT2D eigenvalue weighted by molar-refractivity contribution is 0.165. The van der Waals surface area contributed by atoms with Gasteiger partial charge in [0.15, 0.2) is 0 Å². The van der Waals surface area contributed by atoms with Crippen molar-refractivity contribution in [3.63, 3.8) is 0 Å². The number of hydrogen-bond donors (Lipinski definition) is 2. The van der Waals surface area contributed by atoms with E-state index in [1.54, 1.807) is 0 Å². The lowest BCUT2D eigenvalue weighted by Crippen LogP contribution is -2.45. The van der Waals surface area contributed by atoms with Gasteiger partial charge >= 0.3 is 0 Å². The third-order valence-corrected chi connectivity index (χ3v) is 4.09. The average molecular weight is 268 g/mol. The molecule has 0 amide bonds. The van der Waals surface area contributed by atoms with Crippen LogP contribution in [-0.2, 0) is 0 Å². The molecule has 0 aromatic carbocycles. The van der Waals surface area contributed by atoms with Crippen LogP contribution in [0.15, 0.2) is 29.4 Å². The number of nitrogens with one attached hydrogen (secondary N) is 1. The molecule has 0 saturated carbocycles. The number of aliphatic hydroxyl groups is 1. The van der Waals surface area contributed by atoms with Crippen LogP contribution in [0.25, 0.3) is 0 Å². The number of aliphatic hydroxyl groups excluding tert-OH is 1. The van der Waals surface area contributed by atoms with E-state index in [0.717, 1.165) is 25.1 Å². The van der Waals surface area contributed by atoms with Crippen molar-refractivity contribution in [3.05, 3.63) is 24.5 Å². The molecule has 0 radical (unpaired) electrons. The highest BCUT2D eigenvalue weighted by atomic mass is 32.2. The maximum Gasteiger partial charge on any atom is 0.0610 e. The molecule has 4 heteroatoms. The van der Waals surface area contributed by atoms with Crippen LogP contribution in [0.4, 0.5) is 0 Å². The topological polar surface area (TPSA) is 45.1 Å². The molecular weight excluding hydrogens is 244 g/mol. The SMILES string of the molecule is CCNC(C)(CO)CCCCSc1ccncc1. The van der Waals surface area contributed by atoms with Crippen molar-refractivity contribution in [1.29, 1.82) is 0 Å². The predicted molar refractivity (Wildman–Crippen MR) is 78.0 cm³/mol. The Balaban J connectivity index is 2.15. The fraction of sp³-hybridized carbons (Fsp3) is 0.643. The summed E-state index contributed by atoms with van der Waals surface area (Å²) in [6, 6.07) is 4.09. The van der Waals surface area contributed by atoms with Gasteiger partial charge in [0, 0.05) is 22.8 Å². The zero-order valence-corrected chi connectivity index (χ0v) is 12.2. The molecule has 1 atom stereocenters. The van der Waals surface area contributed by atoms with Gasteiger partial charge in [-0.05, 0) is 44.2 Å². The molecule has 0 spiro atoms. The van der Waals surface area contributed by atoms with E-state index in [-0.39, 0.29) is 12.1 Å². The number of hydrogen-bond acceptors (Lipinski definition) is 4. The summed E-state index contributed by atoms with van der Waals surface area (Å²) in [6.07, 6.45) is 7.00. The van der Waals surface area contributed by atoms with E-state index >= 15 is 0 Å². The van der Waals surface area contributed by atoms with Gasteiger partial charge in [-0.1, -0.05) is 13.3 Å². The summed E-state index contributed by atoms with van der Waals surface area (Å²) < 4.78 is 0. The smallest absolute Gasteiger partial charge is 0.0610 e. The molecule has 0 saturated heterocycles. The Hall–Kier alpha value is -0.580. The number of rotatable bonds is 9. The molecule has 1 aromatic heterocycles. The van der Waals surface area contributed by atoms with Crippen molar-refractivity contribution >= 4 is 11.8 Å². The van der Waals surface area contributed by atoms with Gasteiger partial charge in [-0.25, -0.2) is 0 Å². The molecule has 2 N–H and O–H groups in total. The van der Waals surface area contributed by atoms with Crippen LogP contribution >= 0.6 is 11.8 Å². The normalized spacial score (nSPS) is 14.4. The Morgan fingerprint density at radius 3 is 2.67 bits per heavy atom. The van der Waals surface area contributed by atoms with Gasteiger partial charge in [-0.3, -0.25) is 4.98 Å².